The van der Waals surface area contributed by atoms with Crippen LogP contribution in [0.2, 0.25) is 0 Å². The van der Waals surface area contributed by atoms with Gasteiger partial charge in [-0.2, -0.15) is 4.73 Å². The molecule has 0 amide bonds. The van der Waals surface area contributed by atoms with Gasteiger partial charge in [0.15, 0.2) is 5.82 Å². The summed E-state index contributed by atoms with van der Waals surface area (Å²) < 4.78 is 6.14. The highest BCUT2D eigenvalue weighted by Crippen LogP contribution is 2.26. The lowest BCUT2D eigenvalue weighted by Gasteiger charge is -2.19. The van der Waals surface area contributed by atoms with E-state index >= 15 is 0 Å². The van der Waals surface area contributed by atoms with Gasteiger partial charge in [-0.25, -0.2) is 4.98 Å². The molecule has 8 nitrogen and oxygen atoms in total. The molecular formula is C20H21N3O5. The van der Waals surface area contributed by atoms with Crippen molar-refractivity contribution in [3.8, 4) is 11.4 Å². The monoisotopic (exact) mass is 383 g/mol. The molecule has 0 saturated carbocycles. The molecule has 1 N–H and O–H groups in total. The van der Waals surface area contributed by atoms with Crippen LogP contribution in [0.1, 0.15) is 32.8 Å². The topological polar surface area (TPSA) is 107 Å². The van der Waals surface area contributed by atoms with Crippen molar-refractivity contribution in [2.75, 3.05) is 0 Å². The maximum absolute atomic E-state index is 11.8. The number of carbonyl (C=O) groups is 1. The van der Waals surface area contributed by atoms with Crippen LogP contribution in [0.25, 0.3) is 22.4 Å². The molecule has 0 radical (unpaired) electrons. The Morgan fingerprint density at radius 1 is 1.21 bits per heavy atom. The molecule has 0 atom stereocenters. The van der Waals surface area contributed by atoms with Gasteiger partial charge in [-0.3, -0.25) is 14.9 Å². The summed E-state index contributed by atoms with van der Waals surface area (Å²) in [5.41, 5.74) is 1.70. The summed E-state index contributed by atoms with van der Waals surface area (Å²) in [7, 11) is 0. The maximum atomic E-state index is 11.8. The molecule has 146 valence electrons. The molecular weight excluding hydrogens is 362 g/mol. The first-order valence-corrected chi connectivity index (χ1v) is 8.81. The van der Waals surface area contributed by atoms with E-state index in [4.69, 9.17) is 4.74 Å². The zero-order valence-corrected chi connectivity index (χ0v) is 15.9. The predicted molar refractivity (Wildman–Crippen MR) is 103 cm³/mol. The van der Waals surface area contributed by atoms with Crippen molar-refractivity contribution >= 4 is 22.7 Å². The smallest absolute Gasteiger partial charge is 0.306 e. The lowest BCUT2D eigenvalue weighted by Crippen LogP contribution is -2.23. The standard InChI is InChI=1S/C20H21N3O5/c1-20(2,3)28-18(24)11-6-13-4-7-14(8-5-13)19-21-16-10-9-15(23(26)27)12-17(16)22(19)25/h4-5,7-10,12,25H,6,11H2,1-3H3. The van der Waals surface area contributed by atoms with Gasteiger partial charge in [0.05, 0.1) is 10.4 Å². The third kappa shape index (κ3) is 4.28. The van der Waals surface area contributed by atoms with Gasteiger partial charge < -0.3 is 9.94 Å². The maximum Gasteiger partial charge on any atom is 0.306 e. The molecule has 3 rings (SSSR count). The van der Waals surface area contributed by atoms with Gasteiger partial charge in [-0.1, -0.05) is 24.3 Å². The number of imidazole rings is 1. The number of benzene rings is 2. The Kier molecular flexibility index (Phi) is 5.04. The van der Waals surface area contributed by atoms with Gasteiger partial charge in [-0.15, -0.1) is 0 Å². The van der Waals surface area contributed by atoms with Crippen molar-refractivity contribution < 1.29 is 19.7 Å². The van der Waals surface area contributed by atoms with Crippen molar-refractivity contribution in [3.05, 3.63) is 58.1 Å². The van der Waals surface area contributed by atoms with E-state index in [1.54, 1.807) is 12.1 Å². The molecule has 0 saturated heterocycles. The molecule has 3 aromatic rings. The van der Waals surface area contributed by atoms with Crippen molar-refractivity contribution in [2.24, 2.45) is 0 Å². The van der Waals surface area contributed by atoms with Crippen LogP contribution < -0.4 is 0 Å². The number of aryl methyl sites for hydroxylation is 1. The van der Waals surface area contributed by atoms with Crippen molar-refractivity contribution in [1.29, 1.82) is 0 Å². The molecule has 2 aromatic carbocycles. The summed E-state index contributed by atoms with van der Waals surface area (Å²) >= 11 is 0. The Hall–Kier alpha value is -3.42. The largest absolute Gasteiger partial charge is 0.460 e. The molecule has 8 heteroatoms. The van der Waals surface area contributed by atoms with E-state index < -0.39 is 10.5 Å². The van der Waals surface area contributed by atoms with E-state index in [2.05, 4.69) is 4.98 Å². The number of fused-ring (bicyclic) bond motifs is 1. The van der Waals surface area contributed by atoms with Crippen molar-refractivity contribution in [2.45, 2.75) is 39.2 Å². The number of nitro benzene ring substituents is 1. The summed E-state index contributed by atoms with van der Waals surface area (Å²) in [5, 5.41) is 21.3. The minimum atomic E-state index is -0.522. The second-order valence-corrected chi connectivity index (χ2v) is 7.46. The Labute approximate surface area is 161 Å². The second kappa shape index (κ2) is 7.30. The lowest BCUT2D eigenvalue weighted by atomic mass is 10.1. The highest BCUT2D eigenvalue weighted by molar-refractivity contribution is 5.82. The van der Waals surface area contributed by atoms with Gasteiger partial charge in [0.25, 0.3) is 5.69 Å². The van der Waals surface area contributed by atoms with Gasteiger partial charge in [0, 0.05) is 24.1 Å². The number of hydrogen-bond acceptors (Lipinski definition) is 6. The molecule has 0 spiro atoms. The zero-order chi connectivity index (χ0) is 20.5. The van der Waals surface area contributed by atoms with Crippen molar-refractivity contribution in [3.63, 3.8) is 0 Å². The van der Waals surface area contributed by atoms with Gasteiger partial charge in [0.1, 0.15) is 11.1 Å². The number of nitro groups is 1. The summed E-state index contributed by atoms with van der Waals surface area (Å²) in [5.74, 6) is 0.0320. The van der Waals surface area contributed by atoms with E-state index in [9.17, 15) is 20.1 Å². The fourth-order valence-electron chi connectivity index (χ4n) is 2.81. The van der Waals surface area contributed by atoms with Gasteiger partial charge in [-0.05, 0) is 38.8 Å². The molecule has 0 unspecified atom stereocenters. The molecule has 0 aliphatic rings. The minimum absolute atomic E-state index is 0.119. The average Bonchev–Trinajstić information content (AvgIpc) is 2.95. The Bertz CT molecular complexity index is 1030. The highest BCUT2D eigenvalue weighted by atomic mass is 16.6. The van der Waals surface area contributed by atoms with E-state index in [1.807, 2.05) is 32.9 Å². The van der Waals surface area contributed by atoms with Crippen LogP contribution in [0.3, 0.4) is 0 Å². The van der Waals surface area contributed by atoms with Crippen LogP contribution in [0.15, 0.2) is 42.5 Å². The minimum Gasteiger partial charge on any atom is -0.460 e. The first kappa shape index (κ1) is 19.3. The molecule has 0 fully saturated rings. The highest BCUT2D eigenvalue weighted by Gasteiger charge is 2.17. The summed E-state index contributed by atoms with van der Waals surface area (Å²) in [6, 6.07) is 11.4. The third-order valence-corrected chi connectivity index (χ3v) is 4.07. The number of carbonyl (C=O) groups excluding carboxylic acids is 1. The van der Waals surface area contributed by atoms with Gasteiger partial charge in [0.2, 0.25) is 0 Å². The van der Waals surface area contributed by atoms with Crippen molar-refractivity contribution in [1.82, 2.24) is 9.71 Å². The van der Waals surface area contributed by atoms with Crippen LogP contribution >= 0.6 is 0 Å². The van der Waals surface area contributed by atoms with E-state index in [0.717, 1.165) is 10.3 Å². The number of ether oxygens (including phenoxy) is 1. The Balaban J connectivity index is 1.77. The first-order chi connectivity index (χ1) is 13.1. The normalized spacial score (nSPS) is 11.5. The first-order valence-electron chi connectivity index (χ1n) is 8.81. The van der Waals surface area contributed by atoms with Gasteiger partial charge >= 0.3 is 5.97 Å². The van der Waals surface area contributed by atoms with E-state index in [1.165, 1.54) is 18.2 Å². The molecule has 0 bridgehead atoms. The fraction of sp³-hybridized carbons (Fsp3) is 0.300. The van der Waals surface area contributed by atoms with Crippen LogP contribution in [-0.2, 0) is 16.0 Å². The third-order valence-electron chi connectivity index (χ3n) is 4.07. The summed E-state index contributed by atoms with van der Waals surface area (Å²) in [4.78, 5) is 26.6. The Morgan fingerprint density at radius 3 is 2.50 bits per heavy atom. The second-order valence-electron chi connectivity index (χ2n) is 7.46. The zero-order valence-electron chi connectivity index (χ0n) is 15.9. The number of non-ortho nitro benzene ring substituents is 1. The van der Waals surface area contributed by atoms with E-state index in [0.29, 0.717) is 17.5 Å². The SMILES string of the molecule is CC(C)(C)OC(=O)CCc1ccc(-c2nc3ccc([N+](=O)[O-])cc3n2O)cc1. The average molecular weight is 383 g/mol. The predicted octanol–water partition coefficient (Wildman–Crippen LogP) is 4.12. The molecule has 0 aliphatic heterocycles. The number of aromatic nitrogens is 2. The summed E-state index contributed by atoms with van der Waals surface area (Å²) in [6.45, 7) is 5.49. The number of esters is 1. The summed E-state index contributed by atoms with van der Waals surface area (Å²) in [6.07, 6.45) is 0.815. The number of nitrogens with zero attached hydrogens (tertiary/aromatic N) is 3. The number of hydrogen-bond donors (Lipinski definition) is 1. The quantitative estimate of drug-likeness (QED) is 0.307. The van der Waals surface area contributed by atoms with Crippen LogP contribution in [0.4, 0.5) is 5.69 Å². The van der Waals surface area contributed by atoms with Crippen LogP contribution in [0, 0.1) is 10.1 Å². The molecule has 1 aromatic heterocycles. The van der Waals surface area contributed by atoms with Crippen LogP contribution in [0.5, 0.6) is 0 Å². The molecule has 28 heavy (non-hydrogen) atoms. The van der Waals surface area contributed by atoms with Crippen LogP contribution in [-0.4, -0.2) is 31.4 Å². The number of rotatable bonds is 5. The molecule has 1 heterocycles. The fourth-order valence-corrected chi connectivity index (χ4v) is 2.81. The molecule has 0 aliphatic carbocycles. The van der Waals surface area contributed by atoms with E-state index in [-0.39, 0.29) is 29.4 Å². The Morgan fingerprint density at radius 2 is 1.89 bits per heavy atom. The lowest BCUT2D eigenvalue weighted by molar-refractivity contribution is -0.384.